The van der Waals surface area contributed by atoms with Crippen LogP contribution in [-0.2, 0) is 16.0 Å². The summed E-state index contributed by atoms with van der Waals surface area (Å²) in [5.41, 5.74) is 6.29. The highest BCUT2D eigenvalue weighted by Crippen LogP contribution is 2.31. The van der Waals surface area contributed by atoms with Crippen molar-refractivity contribution in [1.82, 2.24) is 0 Å². The lowest BCUT2D eigenvalue weighted by Crippen LogP contribution is -2.60. The zero-order valence-electron chi connectivity index (χ0n) is 14.9. The molecule has 5 atom stereocenters. The fraction of sp³-hybridized carbons (Fsp3) is 0.562. The maximum atomic E-state index is 10.6. The number of aliphatic hydroxyl groups is 4. The molecule has 1 aliphatic rings. The van der Waals surface area contributed by atoms with Crippen molar-refractivity contribution in [3.05, 3.63) is 23.8 Å². The van der Waals surface area contributed by atoms with Gasteiger partial charge in [-0.1, -0.05) is 6.07 Å². The highest BCUT2D eigenvalue weighted by molar-refractivity contribution is 5.73. The standard InChI is InChI=1S/C14H21NO7.C2HF3O2/c15-4-3-7-1-2-8(17)9(5-7)21-14-13(20)12(19)11(18)10(6-16)22-14;3-2(4,5)1(6)7/h1-2,5,10-14,16-20H,3-4,6,15H2;(H,6,7)/t10-,11-,12+,13-,14-;/m1./s1. The third-order valence-corrected chi connectivity index (χ3v) is 3.79. The van der Waals surface area contributed by atoms with Gasteiger partial charge in [-0.05, 0) is 30.7 Å². The number of benzene rings is 1. The van der Waals surface area contributed by atoms with Crippen molar-refractivity contribution in [3.63, 3.8) is 0 Å². The quantitative estimate of drug-likeness (QED) is 0.297. The van der Waals surface area contributed by atoms with Crippen molar-refractivity contribution >= 4 is 5.97 Å². The Balaban J connectivity index is 0.000000516. The molecule has 1 aromatic rings. The number of nitrogens with two attached hydrogens (primary N) is 1. The highest BCUT2D eigenvalue weighted by Gasteiger charge is 2.45. The van der Waals surface area contributed by atoms with E-state index in [0.717, 1.165) is 5.56 Å². The number of phenolic OH excluding ortho intramolecular Hbond substituents is 1. The fourth-order valence-electron chi connectivity index (χ4n) is 2.26. The predicted octanol–water partition coefficient (Wildman–Crippen LogP) is -1.29. The van der Waals surface area contributed by atoms with Crippen molar-refractivity contribution in [2.24, 2.45) is 5.73 Å². The van der Waals surface area contributed by atoms with Crippen molar-refractivity contribution in [1.29, 1.82) is 0 Å². The van der Waals surface area contributed by atoms with E-state index in [9.17, 15) is 33.6 Å². The maximum absolute atomic E-state index is 10.6. The van der Waals surface area contributed by atoms with Crippen molar-refractivity contribution < 1.29 is 58.1 Å². The topological polar surface area (TPSA) is 183 Å². The summed E-state index contributed by atoms with van der Waals surface area (Å²) < 4.78 is 42.3. The number of rotatable bonds is 5. The molecule has 10 nitrogen and oxygen atoms in total. The molecule has 13 heteroatoms. The molecule has 166 valence electrons. The highest BCUT2D eigenvalue weighted by atomic mass is 19.4. The van der Waals surface area contributed by atoms with Crippen LogP contribution in [0.5, 0.6) is 11.5 Å². The molecule has 0 unspecified atom stereocenters. The average molecular weight is 429 g/mol. The van der Waals surface area contributed by atoms with Gasteiger partial charge in [-0.2, -0.15) is 13.2 Å². The second-order valence-corrected chi connectivity index (χ2v) is 5.96. The fourth-order valence-corrected chi connectivity index (χ4v) is 2.26. The number of phenols is 1. The third-order valence-electron chi connectivity index (χ3n) is 3.79. The number of halogens is 3. The first-order valence-electron chi connectivity index (χ1n) is 8.21. The summed E-state index contributed by atoms with van der Waals surface area (Å²) in [6.07, 6.45) is -11.4. The van der Waals surface area contributed by atoms with E-state index in [1.54, 1.807) is 12.1 Å². The van der Waals surface area contributed by atoms with Gasteiger partial charge in [-0.3, -0.25) is 0 Å². The second-order valence-electron chi connectivity index (χ2n) is 5.96. The SMILES string of the molecule is NCCc1ccc(O)c(O[C@@H]2O[C@H](CO)[C@@H](O)[C@H](O)[C@H]2O)c1.O=C(O)C(F)(F)F. The molecule has 0 spiro atoms. The van der Waals surface area contributed by atoms with Crippen LogP contribution in [0.2, 0.25) is 0 Å². The Kier molecular flexibility index (Phi) is 9.07. The number of carboxylic acid groups (broad SMARTS) is 1. The summed E-state index contributed by atoms with van der Waals surface area (Å²) in [5.74, 6) is -2.87. The van der Waals surface area contributed by atoms with E-state index in [1.807, 2.05) is 0 Å². The van der Waals surface area contributed by atoms with E-state index in [1.165, 1.54) is 6.07 Å². The molecule has 0 saturated carbocycles. The molecule has 0 bridgehead atoms. The van der Waals surface area contributed by atoms with Gasteiger partial charge in [-0.25, -0.2) is 4.79 Å². The first-order valence-corrected chi connectivity index (χ1v) is 8.21. The number of aliphatic carboxylic acids is 1. The summed E-state index contributed by atoms with van der Waals surface area (Å²) in [5, 5.41) is 55.4. The molecule has 1 heterocycles. The van der Waals surface area contributed by atoms with Crippen molar-refractivity contribution in [3.8, 4) is 11.5 Å². The Morgan fingerprint density at radius 2 is 1.76 bits per heavy atom. The van der Waals surface area contributed by atoms with Crippen molar-refractivity contribution in [2.75, 3.05) is 13.2 Å². The number of hydrogen-bond acceptors (Lipinski definition) is 9. The van der Waals surface area contributed by atoms with E-state index in [-0.39, 0.29) is 11.5 Å². The number of hydrogen-bond donors (Lipinski definition) is 7. The lowest BCUT2D eigenvalue weighted by Gasteiger charge is -2.39. The molecule has 2 rings (SSSR count). The van der Waals surface area contributed by atoms with Crippen LogP contribution in [0.15, 0.2) is 18.2 Å². The number of carbonyl (C=O) groups is 1. The molecular formula is C16H22F3NO9. The number of carboxylic acids is 1. The summed E-state index contributed by atoms with van der Waals surface area (Å²) in [7, 11) is 0. The molecule has 1 fully saturated rings. The van der Waals surface area contributed by atoms with E-state index >= 15 is 0 Å². The first kappa shape index (κ1) is 24.9. The summed E-state index contributed by atoms with van der Waals surface area (Å²) >= 11 is 0. The van der Waals surface area contributed by atoms with Crippen LogP contribution in [0.3, 0.4) is 0 Å². The van der Waals surface area contributed by atoms with Gasteiger partial charge in [0, 0.05) is 0 Å². The van der Waals surface area contributed by atoms with Crippen LogP contribution in [0.4, 0.5) is 13.2 Å². The van der Waals surface area contributed by atoms with Gasteiger partial charge in [0.25, 0.3) is 0 Å². The minimum Gasteiger partial charge on any atom is -0.504 e. The Labute approximate surface area is 162 Å². The Morgan fingerprint density at radius 3 is 2.24 bits per heavy atom. The van der Waals surface area contributed by atoms with E-state index in [0.29, 0.717) is 13.0 Å². The normalized spacial score (nSPS) is 27.0. The number of ether oxygens (including phenoxy) is 2. The van der Waals surface area contributed by atoms with Gasteiger partial charge < -0.3 is 45.8 Å². The lowest BCUT2D eigenvalue weighted by molar-refractivity contribution is -0.277. The second kappa shape index (κ2) is 10.6. The third kappa shape index (κ3) is 6.99. The lowest BCUT2D eigenvalue weighted by atomic mass is 9.99. The zero-order valence-corrected chi connectivity index (χ0v) is 14.9. The Hall–Kier alpha value is -2.16. The van der Waals surface area contributed by atoms with Gasteiger partial charge in [0.15, 0.2) is 11.5 Å². The zero-order chi connectivity index (χ0) is 22.4. The molecule has 29 heavy (non-hydrogen) atoms. The number of aromatic hydroxyl groups is 1. The minimum atomic E-state index is -5.08. The molecule has 0 amide bonds. The van der Waals surface area contributed by atoms with E-state index in [4.69, 9.17) is 30.2 Å². The van der Waals surface area contributed by atoms with Crippen LogP contribution in [0.25, 0.3) is 0 Å². The largest absolute Gasteiger partial charge is 0.504 e. The van der Waals surface area contributed by atoms with Crippen LogP contribution >= 0.6 is 0 Å². The van der Waals surface area contributed by atoms with Gasteiger partial charge in [0.2, 0.25) is 6.29 Å². The Bertz CT molecular complexity index is 672. The predicted molar refractivity (Wildman–Crippen MR) is 89.0 cm³/mol. The van der Waals surface area contributed by atoms with Crippen LogP contribution in [0, 0.1) is 0 Å². The van der Waals surface area contributed by atoms with Crippen LogP contribution in [-0.4, -0.2) is 86.6 Å². The number of aliphatic hydroxyl groups excluding tert-OH is 4. The summed E-state index contributed by atoms with van der Waals surface area (Å²) in [4.78, 5) is 8.90. The van der Waals surface area contributed by atoms with Gasteiger partial charge in [0.1, 0.15) is 24.4 Å². The van der Waals surface area contributed by atoms with Crippen LogP contribution < -0.4 is 10.5 Å². The molecule has 1 aliphatic heterocycles. The van der Waals surface area contributed by atoms with Crippen LogP contribution in [0.1, 0.15) is 5.56 Å². The average Bonchev–Trinajstić information content (AvgIpc) is 2.64. The van der Waals surface area contributed by atoms with Gasteiger partial charge in [0.05, 0.1) is 6.61 Å². The van der Waals surface area contributed by atoms with E-state index < -0.39 is 49.5 Å². The smallest absolute Gasteiger partial charge is 0.490 e. The summed E-state index contributed by atoms with van der Waals surface area (Å²) in [6.45, 7) is -0.131. The minimum absolute atomic E-state index is 0.0512. The molecule has 0 aromatic heterocycles. The molecule has 1 saturated heterocycles. The first-order chi connectivity index (χ1) is 13.4. The van der Waals surface area contributed by atoms with Crippen molar-refractivity contribution in [2.45, 2.75) is 43.3 Å². The van der Waals surface area contributed by atoms with Gasteiger partial charge >= 0.3 is 12.1 Å². The van der Waals surface area contributed by atoms with E-state index in [2.05, 4.69) is 0 Å². The molecule has 8 N–H and O–H groups in total. The van der Waals surface area contributed by atoms with Gasteiger partial charge in [-0.15, -0.1) is 0 Å². The molecule has 0 radical (unpaired) electrons. The number of alkyl halides is 3. The Morgan fingerprint density at radius 1 is 1.17 bits per heavy atom. The molecular weight excluding hydrogens is 407 g/mol. The molecule has 1 aromatic carbocycles. The maximum Gasteiger partial charge on any atom is 0.490 e. The summed E-state index contributed by atoms with van der Waals surface area (Å²) in [6, 6.07) is 4.65. The molecule has 0 aliphatic carbocycles. The monoisotopic (exact) mass is 429 g/mol.